The molecule has 0 bridgehead atoms. The molecule has 2 fully saturated rings. The lowest BCUT2D eigenvalue weighted by molar-refractivity contribution is -0.219. The lowest BCUT2D eigenvalue weighted by atomic mass is 9.94. The molecule has 1 spiro atoms. The highest BCUT2D eigenvalue weighted by Gasteiger charge is 2.42. The topological polar surface area (TPSA) is 27.7 Å². The highest BCUT2D eigenvalue weighted by atomic mass is 16.8. The SMILES string of the molecule is COC1COC2(CCCCC2)O1. The van der Waals surface area contributed by atoms with Crippen molar-refractivity contribution in [3.63, 3.8) is 0 Å². The number of ether oxygens (including phenoxy) is 3. The summed E-state index contributed by atoms with van der Waals surface area (Å²) in [5.41, 5.74) is 0. The fourth-order valence-corrected chi connectivity index (χ4v) is 2.00. The van der Waals surface area contributed by atoms with E-state index in [1.54, 1.807) is 7.11 Å². The largest absolute Gasteiger partial charge is 0.353 e. The zero-order valence-corrected chi connectivity index (χ0v) is 7.54. The van der Waals surface area contributed by atoms with E-state index >= 15 is 0 Å². The van der Waals surface area contributed by atoms with Crippen molar-refractivity contribution >= 4 is 0 Å². The van der Waals surface area contributed by atoms with Gasteiger partial charge in [0.1, 0.15) is 6.61 Å². The Bertz CT molecular complexity index is 152. The summed E-state index contributed by atoms with van der Waals surface area (Å²) in [4.78, 5) is 0. The molecular formula is C9H16O3. The van der Waals surface area contributed by atoms with Gasteiger partial charge >= 0.3 is 0 Å². The third kappa shape index (κ3) is 1.49. The van der Waals surface area contributed by atoms with Crippen LogP contribution in [-0.4, -0.2) is 25.8 Å². The average Bonchev–Trinajstić information content (AvgIpc) is 2.50. The molecule has 1 unspecified atom stereocenters. The van der Waals surface area contributed by atoms with E-state index in [2.05, 4.69) is 0 Å². The van der Waals surface area contributed by atoms with Gasteiger partial charge in [-0.15, -0.1) is 0 Å². The minimum absolute atomic E-state index is 0.136. The van der Waals surface area contributed by atoms with Crippen molar-refractivity contribution in [2.24, 2.45) is 0 Å². The van der Waals surface area contributed by atoms with E-state index in [1.165, 1.54) is 19.3 Å². The molecule has 0 aromatic carbocycles. The number of rotatable bonds is 1. The molecule has 1 atom stereocenters. The van der Waals surface area contributed by atoms with Crippen LogP contribution in [0.2, 0.25) is 0 Å². The smallest absolute Gasteiger partial charge is 0.183 e. The standard InChI is InChI=1S/C9H16O3/c1-10-8-7-11-9(12-8)5-3-2-4-6-9/h8H,2-7H2,1H3. The Morgan fingerprint density at radius 1 is 1.25 bits per heavy atom. The van der Waals surface area contributed by atoms with E-state index in [1.807, 2.05) is 0 Å². The third-order valence-electron chi connectivity index (χ3n) is 2.71. The van der Waals surface area contributed by atoms with Crippen molar-refractivity contribution in [2.75, 3.05) is 13.7 Å². The molecule has 0 amide bonds. The van der Waals surface area contributed by atoms with Gasteiger partial charge in [-0.05, 0) is 12.8 Å². The molecule has 3 heteroatoms. The van der Waals surface area contributed by atoms with Gasteiger partial charge in [0, 0.05) is 20.0 Å². The van der Waals surface area contributed by atoms with Gasteiger partial charge in [0.05, 0.1) is 0 Å². The summed E-state index contributed by atoms with van der Waals surface area (Å²) in [5.74, 6) is -0.279. The maximum atomic E-state index is 5.69. The summed E-state index contributed by atoms with van der Waals surface area (Å²) in [6.07, 6.45) is 5.68. The molecule has 70 valence electrons. The van der Waals surface area contributed by atoms with E-state index in [0.717, 1.165) is 12.8 Å². The minimum atomic E-state index is -0.279. The Morgan fingerprint density at radius 3 is 2.58 bits per heavy atom. The van der Waals surface area contributed by atoms with Gasteiger partial charge in [0.2, 0.25) is 0 Å². The summed E-state index contributed by atoms with van der Waals surface area (Å²) in [6, 6.07) is 0. The average molecular weight is 172 g/mol. The molecular weight excluding hydrogens is 156 g/mol. The second kappa shape index (κ2) is 3.32. The lowest BCUT2D eigenvalue weighted by Crippen LogP contribution is -2.33. The second-order valence-corrected chi connectivity index (χ2v) is 3.57. The van der Waals surface area contributed by atoms with Crippen LogP contribution in [0.5, 0.6) is 0 Å². The highest BCUT2D eigenvalue weighted by Crippen LogP contribution is 2.37. The molecule has 12 heavy (non-hydrogen) atoms. The number of methoxy groups -OCH3 is 1. The van der Waals surface area contributed by atoms with E-state index in [-0.39, 0.29) is 12.1 Å². The second-order valence-electron chi connectivity index (χ2n) is 3.57. The Kier molecular flexibility index (Phi) is 2.35. The van der Waals surface area contributed by atoms with Crippen molar-refractivity contribution in [3.05, 3.63) is 0 Å². The van der Waals surface area contributed by atoms with Crippen LogP contribution in [0.1, 0.15) is 32.1 Å². The van der Waals surface area contributed by atoms with Crippen molar-refractivity contribution in [2.45, 2.75) is 44.2 Å². The molecule has 1 aliphatic carbocycles. The Balaban J connectivity index is 1.94. The van der Waals surface area contributed by atoms with Crippen molar-refractivity contribution in [3.8, 4) is 0 Å². The molecule has 2 rings (SSSR count). The number of hydrogen-bond acceptors (Lipinski definition) is 3. The summed E-state index contributed by atoms with van der Waals surface area (Å²) in [5, 5.41) is 0. The summed E-state index contributed by atoms with van der Waals surface area (Å²) < 4.78 is 16.4. The van der Waals surface area contributed by atoms with Crippen LogP contribution in [0, 0.1) is 0 Å². The molecule has 2 aliphatic rings. The van der Waals surface area contributed by atoms with Gasteiger partial charge in [0.25, 0.3) is 0 Å². The summed E-state index contributed by atoms with van der Waals surface area (Å²) in [7, 11) is 1.66. The first kappa shape index (κ1) is 8.48. The van der Waals surface area contributed by atoms with Gasteiger partial charge < -0.3 is 14.2 Å². The van der Waals surface area contributed by atoms with Crippen LogP contribution in [0.25, 0.3) is 0 Å². The first-order valence-corrected chi connectivity index (χ1v) is 4.69. The predicted molar refractivity (Wildman–Crippen MR) is 43.7 cm³/mol. The summed E-state index contributed by atoms with van der Waals surface area (Å²) >= 11 is 0. The third-order valence-corrected chi connectivity index (χ3v) is 2.71. The zero-order chi connectivity index (χ0) is 8.44. The van der Waals surface area contributed by atoms with Gasteiger partial charge in [-0.1, -0.05) is 6.42 Å². The molecule has 0 aromatic heterocycles. The normalized spacial score (nSPS) is 34.2. The van der Waals surface area contributed by atoms with Crippen LogP contribution in [0.3, 0.4) is 0 Å². The van der Waals surface area contributed by atoms with Gasteiger partial charge in [-0.25, -0.2) is 0 Å². The predicted octanol–water partition coefficient (Wildman–Crippen LogP) is 1.67. The van der Waals surface area contributed by atoms with Gasteiger partial charge in [-0.3, -0.25) is 0 Å². The fraction of sp³-hybridized carbons (Fsp3) is 1.00. The number of hydrogen-bond donors (Lipinski definition) is 0. The van der Waals surface area contributed by atoms with E-state index in [0.29, 0.717) is 6.61 Å². The highest BCUT2D eigenvalue weighted by molar-refractivity contribution is 4.79. The lowest BCUT2D eigenvalue weighted by Gasteiger charge is -2.31. The van der Waals surface area contributed by atoms with E-state index in [9.17, 15) is 0 Å². The van der Waals surface area contributed by atoms with Crippen molar-refractivity contribution < 1.29 is 14.2 Å². The van der Waals surface area contributed by atoms with Gasteiger partial charge in [0.15, 0.2) is 12.1 Å². The van der Waals surface area contributed by atoms with Crippen LogP contribution in [0.4, 0.5) is 0 Å². The van der Waals surface area contributed by atoms with Crippen LogP contribution < -0.4 is 0 Å². The van der Waals surface area contributed by atoms with E-state index in [4.69, 9.17) is 14.2 Å². The summed E-state index contributed by atoms with van der Waals surface area (Å²) in [6.45, 7) is 0.594. The molecule has 0 aromatic rings. The van der Waals surface area contributed by atoms with E-state index < -0.39 is 0 Å². The first-order chi connectivity index (χ1) is 5.85. The molecule has 3 nitrogen and oxygen atoms in total. The molecule has 1 heterocycles. The molecule has 1 saturated heterocycles. The molecule has 0 radical (unpaired) electrons. The molecule has 0 N–H and O–H groups in total. The quantitative estimate of drug-likeness (QED) is 0.602. The fourth-order valence-electron chi connectivity index (χ4n) is 2.00. The van der Waals surface area contributed by atoms with Crippen LogP contribution in [0.15, 0.2) is 0 Å². The van der Waals surface area contributed by atoms with Crippen LogP contribution >= 0.6 is 0 Å². The maximum absolute atomic E-state index is 5.69. The Hall–Kier alpha value is -0.120. The Labute approximate surface area is 73.0 Å². The monoisotopic (exact) mass is 172 g/mol. The minimum Gasteiger partial charge on any atom is -0.353 e. The zero-order valence-electron chi connectivity index (χ0n) is 7.54. The van der Waals surface area contributed by atoms with Crippen LogP contribution in [-0.2, 0) is 14.2 Å². The Morgan fingerprint density at radius 2 is 2.00 bits per heavy atom. The van der Waals surface area contributed by atoms with Crippen molar-refractivity contribution in [1.82, 2.24) is 0 Å². The molecule has 1 saturated carbocycles. The first-order valence-electron chi connectivity index (χ1n) is 4.69. The van der Waals surface area contributed by atoms with Crippen molar-refractivity contribution in [1.29, 1.82) is 0 Å². The van der Waals surface area contributed by atoms with Gasteiger partial charge in [-0.2, -0.15) is 0 Å². The molecule has 1 aliphatic heterocycles. The maximum Gasteiger partial charge on any atom is 0.183 e.